The molecular formula is C19H28FIN2O4. The molecule has 0 spiro atoms. The summed E-state index contributed by atoms with van der Waals surface area (Å²) >= 11 is 2.15. The zero-order valence-electron chi connectivity index (χ0n) is 16.1. The van der Waals surface area contributed by atoms with Crippen LogP contribution in [0.4, 0.5) is 4.39 Å². The molecule has 0 fully saturated rings. The van der Waals surface area contributed by atoms with Crippen LogP contribution in [0, 0.1) is 9.49 Å². The molecule has 0 saturated heterocycles. The third-order valence-electron chi connectivity index (χ3n) is 4.25. The molecule has 2 amide bonds. The van der Waals surface area contributed by atoms with Crippen molar-refractivity contribution in [3.63, 3.8) is 0 Å². The Balaban J connectivity index is 2.83. The van der Waals surface area contributed by atoms with Crippen LogP contribution in [0.25, 0.3) is 0 Å². The number of aliphatic hydroxyl groups excluding tert-OH is 1. The van der Waals surface area contributed by atoms with Crippen LogP contribution >= 0.6 is 22.6 Å². The van der Waals surface area contributed by atoms with Crippen molar-refractivity contribution in [3.8, 4) is 5.75 Å². The summed E-state index contributed by atoms with van der Waals surface area (Å²) in [4.78, 5) is 25.1. The number of amides is 2. The predicted octanol–water partition coefficient (Wildman–Crippen LogP) is 2.21. The van der Waals surface area contributed by atoms with Crippen LogP contribution in [0.3, 0.4) is 0 Å². The highest BCUT2D eigenvalue weighted by Crippen LogP contribution is 2.21. The highest BCUT2D eigenvalue weighted by molar-refractivity contribution is 14.1. The predicted molar refractivity (Wildman–Crippen MR) is 110 cm³/mol. The van der Waals surface area contributed by atoms with E-state index in [1.54, 1.807) is 13.0 Å². The van der Waals surface area contributed by atoms with E-state index >= 15 is 0 Å². The number of benzene rings is 1. The summed E-state index contributed by atoms with van der Waals surface area (Å²) in [5.74, 6) is -0.324. The quantitative estimate of drug-likeness (QED) is 0.436. The van der Waals surface area contributed by atoms with Gasteiger partial charge in [-0.15, -0.1) is 0 Å². The van der Waals surface area contributed by atoms with Crippen molar-refractivity contribution in [1.82, 2.24) is 10.6 Å². The molecule has 0 bridgehead atoms. The molecule has 0 radical (unpaired) electrons. The lowest BCUT2D eigenvalue weighted by Crippen LogP contribution is -2.54. The minimum absolute atomic E-state index is 0.0703. The lowest BCUT2D eigenvalue weighted by molar-refractivity contribution is -0.130. The van der Waals surface area contributed by atoms with Crippen LogP contribution in [0.2, 0.25) is 0 Å². The molecule has 0 heterocycles. The van der Waals surface area contributed by atoms with E-state index in [0.29, 0.717) is 12.2 Å². The van der Waals surface area contributed by atoms with Gasteiger partial charge >= 0.3 is 0 Å². The van der Waals surface area contributed by atoms with Gasteiger partial charge in [0.2, 0.25) is 11.8 Å². The topological polar surface area (TPSA) is 87.7 Å². The number of carbonyl (C=O) groups excluding carboxylic acids is 2. The van der Waals surface area contributed by atoms with Gasteiger partial charge in [0.1, 0.15) is 24.6 Å². The van der Waals surface area contributed by atoms with Gasteiger partial charge in [-0.25, -0.2) is 4.39 Å². The number of hydrogen-bond donors (Lipinski definition) is 3. The zero-order valence-corrected chi connectivity index (χ0v) is 18.2. The summed E-state index contributed by atoms with van der Waals surface area (Å²) in [5, 5.41) is 15.0. The molecule has 27 heavy (non-hydrogen) atoms. The molecular weight excluding hydrogens is 466 g/mol. The van der Waals surface area contributed by atoms with E-state index in [1.807, 2.05) is 26.0 Å². The fourth-order valence-corrected chi connectivity index (χ4v) is 3.22. The average molecular weight is 494 g/mol. The molecule has 8 heteroatoms. The van der Waals surface area contributed by atoms with Crippen LogP contribution in [0.5, 0.6) is 5.75 Å². The molecule has 1 aromatic carbocycles. The van der Waals surface area contributed by atoms with Crippen molar-refractivity contribution >= 4 is 34.4 Å². The first-order chi connectivity index (χ1) is 12.7. The van der Waals surface area contributed by atoms with Gasteiger partial charge in [0, 0.05) is 9.13 Å². The van der Waals surface area contributed by atoms with Gasteiger partial charge in [0.05, 0.1) is 19.6 Å². The molecule has 0 aromatic heterocycles. The van der Waals surface area contributed by atoms with Crippen LogP contribution in [0.15, 0.2) is 18.2 Å². The number of methoxy groups -OCH3 is 1. The largest absolute Gasteiger partial charge is 0.496 e. The standard InChI is InChI=1S/C19H28FIN2O4/c1-5-14(15(24)10-20)22-19(26)18(11(2)3)23-17(25)9-12-8-13(21)6-7-16(12)27-4/h6-8,11,14-15,18,24H,5,9-10H2,1-4H3,(H,22,26)(H,23,25)/t14?,15?,18-/m0/s1. The number of alkyl halides is 1. The number of aliphatic hydroxyl groups is 1. The Morgan fingerprint density at radius 2 is 1.96 bits per heavy atom. The van der Waals surface area contributed by atoms with Gasteiger partial charge in [-0.2, -0.15) is 0 Å². The van der Waals surface area contributed by atoms with Crippen molar-refractivity contribution < 1.29 is 23.8 Å². The number of halogens is 2. The van der Waals surface area contributed by atoms with Crippen LogP contribution in [-0.2, 0) is 16.0 Å². The Labute approximate surface area is 173 Å². The highest BCUT2D eigenvalue weighted by Gasteiger charge is 2.28. The molecule has 6 nitrogen and oxygen atoms in total. The molecule has 0 aliphatic heterocycles. The maximum Gasteiger partial charge on any atom is 0.243 e. The normalized spacial score (nSPS) is 14.4. The molecule has 1 aromatic rings. The molecule has 3 atom stereocenters. The number of ether oxygens (including phenoxy) is 1. The first kappa shape index (κ1) is 23.6. The molecule has 0 saturated carbocycles. The SMILES string of the molecule is CCC(NC(=O)[C@@H](NC(=O)Cc1cc(I)ccc1OC)C(C)C)C(O)CF. The molecule has 0 aliphatic rings. The van der Waals surface area contributed by atoms with E-state index in [9.17, 15) is 19.1 Å². The summed E-state index contributed by atoms with van der Waals surface area (Å²) in [6, 6.07) is 4.05. The minimum atomic E-state index is -1.27. The van der Waals surface area contributed by atoms with Crippen LogP contribution in [-0.4, -0.2) is 48.9 Å². The summed E-state index contributed by atoms with van der Waals surface area (Å²) in [6.07, 6.45) is -0.811. The lowest BCUT2D eigenvalue weighted by atomic mass is 10.0. The van der Waals surface area contributed by atoms with Gasteiger partial charge in [-0.3, -0.25) is 9.59 Å². The summed E-state index contributed by atoms with van der Waals surface area (Å²) in [6.45, 7) is 4.42. The average Bonchev–Trinajstić information content (AvgIpc) is 2.63. The van der Waals surface area contributed by atoms with Gasteiger partial charge < -0.3 is 20.5 Å². The van der Waals surface area contributed by atoms with Crippen molar-refractivity contribution in [2.24, 2.45) is 5.92 Å². The summed E-state index contributed by atoms with van der Waals surface area (Å²) < 4.78 is 19.0. The Hall–Kier alpha value is -1.42. The number of hydrogen-bond acceptors (Lipinski definition) is 4. The Morgan fingerprint density at radius 3 is 2.48 bits per heavy atom. The minimum Gasteiger partial charge on any atom is -0.496 e. The van der Waals surface area contributed by atoms with E-state index < -0.39 is 30.8 Å². The van der Waals surface area contributed by atoms with E-state index in [0.717, 1.165) is 9.13 Å². The third-order valence-corrected chi connectivity index (χ3v) is 4.92. The lowest BCUT2D eigenvalue weighted by Gasteiger charge is -2.26. The Bertz CT molecular complexity index is 642. The number of carbonyl (C=O) groups is 2. The third kappa shape index (κ3) is 7.25. The van der Waals surface area contributed by atoms with Crippen molar-refractivity contribution in [2.45, 2.75) is 51.8 Å². The fraction of sp³-hybridized carbons (Fsp3) is 0.579. The maximum atomic E-state index is 12.7. The van der Waals surface area contributed by atoms with E-state index in [1.165, 1.54) is 7.11 Å². The first-order valence-corrected chi connectivity index (χ1v) is 9.97. The number of rotatable bonds is 10. The Kier molecular flexibility index (Phi) is 10.00. The Morgan fingerprint density at radius 1 is 1.30 bits per heavy atom. The van der Waals surface area contributed by atoms with E-state index in [4.69, 9.17) is 4.74 Å². The summed E-state index contributed by atoms with van der Waals surface area (Å²) in [7, 11) is 1.54. The second-order valence-corrected chi connectivity index (χ2v) is 7.91. The van der Waals surface area contributed by atoms with Crippen molar-refractivity contribution in [1.29, 1.82) is 0 Å². The molecule has 3 N–H and O–H groups in total. The monoisotopic (exact) mass is 494 g/mol. The molecule has 1 rings (SSSR count). The highest BCUT2D eigenvalue weighted by atomic mass is 127. The fourth-order valence-electron chi connectivity index (χ4n) is 2.67. The van der Waals surface area contributed by atoms with E-state index in [2.05, 4.69) is 33.2 Å². The van der Waals surface area contributed by atoms with Gasteiger partial charge in [-0.05, 0) is 53.1 Å². The van der Waals surface area contributed by atoms with Crippen LogP contribution < -0.4 is 15.4 Å². The maximum absolute atomic E-state index is 12.7. The second-order valence-electron chi connectivity index (χ2n) is 6.67. The van der Waals surface area contributed by atoms with Crippen molar-refractivity contribution in [2.75, 3.05) is 13.8 Å². The smallest absolute Gasteiger partial charge is 0.243 e. The van der Waals surface area contributed by atoms with Gasteiger partial charge in [0.15, 0.2) is 0 Å². The first-order valence-electron chi connectivity index (χ1n) is 8.89. The second kappa shape index (κ2) is 11.4. The van der Waals surface area contributed by atoms with Gasteiger partial charge in [-0.1, -0.05) is 20.8 Å². The van der Waals surface area contributed by atoms with Crippen molar-refractivity contribution in [3.05, 3.63) is 27.3 Å². The number of nitrogens with one attached hydrogen (secondary N) is 2. The van der Waals surface area contributed by atoms with Gasteiger partial charge in [0.25, 0.3) is 0 Å². The van der Waals surface area contributed by atoms with Crippen LogP contribution in [0.1, 0.15) is 32.8 Å². The summed E-state index contributed by atoms with van der Waals surface area (Å²) in [5.41, 5.74) is 0.726. The molecule has 2 unspecified atom stereocenters. The molecule has 0 aliphatic carbocycles. The van der Waals surface area contributed by atoms with E-state index in [-0.39, 0.29) is 18.2 Å². The zero-order chi connectivity index (χ0) is 20.6. The molecule has 152 valence electrons.